The largest absolute Gasteiger partial charge is 0.417 e. The number of rotatable bonds is 4. The summed E-state index contributed by atoms with van der Waals surface area (Å²) >= 11 is 5.48. The van der Waals surface area contributed by atoms with Crippen LogP contribution in [0.2, 0.25) is 5.02 Å². The highest BCUT2D eigenvalue weighted by molar-refractivity contribution is 7.92. The van der Waals surface area contributed by atoms with Crippen LogP contribution < -0.4 is 4.72 Å². The molecule has 0 fully saturated rings. The number of hydrogen-bond acceptors (Lipinski definition) is 4. The van der Waals surface area contributed by atoms with Crippen molar-refractivity contribution in [3.05, 3.63) is 65.5 Å². The van der Waals surface area contributed by atoms with Crippen molar-refractivity contribution in [3.8, 4) is 5.69 Å². The maximum absolute atomic E-state index is 14.2. The second kappa shape index (κ2) is 6.82. The summed E-state index contributed by atoms with van der Waals surface area (Å²) in [5.41, 5.74) is -1.46. The van der Waals surface area contributed by atoms with Gasteiger partial charge in [-0.25, -0.2) is 22.5 Å². The number of alkyl halides is 3. The van der Waals surface area contributed by atoms with Gasteiger partial charge in [0.05, 0.1) is 21.2 Å². The first-order chi connectivity index (χ1) is 12.6. The molecular formula is C15H9ClF4N4O2S. The zero-order valence-electron chi connectivity index (χ0n) is 13.1. The Kier molecular flexibility index (Phi) is 4.82. The lowest BCUT2D eigenvalue weighted by Crippen LogP contribution is -2.15. The molecule has 0 saturated carbocycles. The summed E-state index contributed by atoms with van der Waals surface area (Å²) in [5.74, 6) is -0.812. The van der Waals surface area contributed by atoms with Gasteiger partial charge in [0.2, 0.25) is 0 Å². The highest BCUT2D eigenvalue weighted by Crippen LogP contribution is 2.36. The molecule has 3 rings (SSSR count). The second-order valence-electron chi connectivity index (χ2n) is 5.25. The van der Waals surface area contributed by atoms with Gasteiger partial charge in [-0.15, -0.1) is 0 Å². The van der Waals surface area contributed by atoms with Crippen molar-refractivity contribution >= 4 is 27.3 Å². The Labute approximate surface area is 155 Å². The fourth-order valence-corrected chi connectivity index (χ4v) is 3.49. The van der Waals surface area contributed by atoms with Crippen LogP contribution in [-0.2, 0) is 16.2 Å². The number of halogens is 5. The third-order valence-corrected chi connectivity index (χ3v) is 5.13. The molecule has 0 bridgehead atoms. The number of hydrogen-bond donors (Lipinski definition) is 1. The Morgan fingerprint density at radius 3 is 2.44 bits per heavy atom. The zero-order chi connectivity index (χ0) is 19.8. The molecule has 1 aromatic heterocycles. The molecule has 0 unspecified atom stereocenters. The number of nitrogens with zero attached hydrogens (tertiary/aromatic N) is 3. The first kappa shape index (κ1) is 19.1. The van der Waals surface area contributed by atoms with Gasteiger partial charge in [-0.05, 0) is 30.3 Å². The van der Waals surface area contributed by atoms with Crippen molar-refractivity contribution in [3.63, 3.8) is 0 Å². The highest BCUT2D eigenvalue weighted by Gasteiger charge is 2.34. The maximum atomic E-state index is 14.2. The van der Waals surface area contributed by atoms with Crippen molar-refractivity contribution in [2.45, 2.75) is 11.1 Å². The van der Waals surface area contributed by atoms with E-state index in [4.69, 9.17) is 11.6 Å². The van der Waals surface area contributed by atoms with Crippen LogP contribution in [0.15, 0.2) is 53.9 Å². The molecule has 6 nitrogen and oxygen atoms in total. The average molecular weight is 421 g/mol. The quantitative estimate of drug-likeness (QED) is 0.650. The summed E-state index contributed by atoms with van der Waals surface area (Å²) in [6, 6.07) is 5.50. The Morgan fingerprint density at radius 2 is 1.85 bits per heavy atom. The van der Waals surface area contributed by atoms with E-state index in [1.165, 1.54) is 24.8 Å². The Bertz CT molecular complexity index is 1090. The first-order valence-electron chi connectivity index (χ1n) is 7.12. The third-order valence-electron chi connectivity index (χ3n) is 3.42. The zero-order valence-corrected chi connectivity index (χ0v) is 14.6. The molecule has 1 N–H and O–H groups in total. The summed E-state index contributed by atoms with van der Waals surface area (Å²) in [7, 11) is -4.41. The van der Waals surface area contributed by atoms with Crippen LogP contribution in [0.5, 0.6) is 0 Å². The van der Waals surface area contributed by atoms with E-state index in [1.807, 2.05) is 4.72 Å². The van der Waals surface area contributed by atoms with Gasteiger partial charge in [-0.1, -0.05) is 11.6 Å². The van der Waals surface area contributed by atoms with Crippen molar-refractivity contribution in [2.75, 3.05) is 4.72 Å². The van der Waals surface area contributed by atoms with E-state index < -0.39 is 37.5 Å². The van der Waals surface area contributed by atoms with Gasteiger partial charge >= 0.3 is 6.18 Å². The minimum Gasteiger partial charge on any atom is -0.280 e. The molecular weight excluding hydrogens is 412 g/mol. The molecule has 0 radical (unpaired) electrons. The van der Waals surface area contributed by atoms with E-state index in [0.717, 1.165) is 22.9 Å². The summed E-state index contributed by atoms with van der Waals surface area (Å²) in [6.45, 7) is 0. The van der Waals surface area contributed by atoms with Gasteiger partial charge in [0, 0.05) is 6.07 Å². The number of aromatic nitrogens is 3. The number of nitrogens with one attached hydrogen (secondary N) is 1. The van der Waals surface area contributed by atoms with Gasteiger partial charge in [0.15, 0.2) is 5.82 Å². The average Bonchev–Trinajstić information content (AvgIpc) is 3.08. The lowest BCUT2D eigenvalue weighted by atomic mass is 10.2. The van der Waals surface area contributed by atoms with E-state index in [9.17, 15) is 26.0 Å². The molecule has 0 aliphatic rings. The predicted octanol–water partition coefficient (Wildman–Crippen LogP) is 3.88. The summed E-state index contributed by atoms with van der Waals surface area (Å²) in [5, 5.41) is 3.11. The molecule has 0 spiro atoms. The number of anilines is 1. The third kappa shape index (κ3) is 4.03. The highest BCUT2D eigenvalue weighted by atomic mass is 35.5. The molecule has 0 atom stereocenters. The Morgan fingerprint density at radius 1 is 1.11 bits per heavy atom. The van der Waals surface area contributed by atoms with Gasteiger partial charge in [0.1, 0.15) is 18.3 Å². The van der Waals surface area contributed by atoms with E-state index in [1.54, 1.807) is 0 Å². The van der Waals surface area contributed by atoms with Crippen LogP contribution in [0, 0.1) is 5.82 Å². The van der Waals surface area contributed by atoms with E-state index >= 15 is 0 Å². The van der Waals surface area contributed by atoms with Crippen LogP contribution >= 0.6 is 11.6 Å². The van der Waals surface area contributed by atoms with E-state index in [0.29, 0.717) is 6.07 Å². The van der Waals surface area contributed by atoms with Crippen LogP contribution in [0.25, 0.3) is 5.69 Å². The second-order valence-corrected chi connectivity index (χ2v) is 7.34. The molecule has 2 aromatic carbocycles. The van der Waals surface area contributed by atoms with Gasteiger partial charge in [-0.2, -0.15) is 18.3 Å². The molecule has 12 heteroatoms. The minimum atomic E-state index is -4.83. The standard InChI is InChI=1S/C15H9ClF4N4O2S/c16-12-3-2-10(6-11(12)15(18,19)20)27(25,26)23-9-1-4-14(13(17)5-9)24-8-21-7-22-24/h1-8,23H. The maximum Gasteiger partial charge on any atom is 0.417 e. The fourth-order valence-electron chi connectivity index (χ4n) is 2.19. The van der Waals surface area contributed by atoms with Crippen molar-refractivity contribution < 1.29 is 26.0 Å². The van der Waals surface area contributed by atoms with E-state index in [2.05, 4.69) is 10.1 Å². The first-order valence-corrected chi connectivity index (χ1v) is 8.98. The predicted molar refractivity (Wildman–Crippen MR) is 88.6 cm³/mol. The molecule has 142 valence electrons. The molecule has 0 aliphatic carbocycles. The SMILES string of the molecule is O=S(=O)(Nc1ccc(-n2cncn2)c(F)c1)c1ccc(Cl)c(C(F)(F)F)c1. The summed E-state index contributed by atoms with van der Waals surface area (Å²) in [6.07, 6.45) is -2.39. The monoisotopic (exact) mass is 420 g/mol. The van der Waals surface area contributed by atoms with Crippen LogP contribution in [0.4, 0.5) is 23.2 Å². The topological polar surface area (TPSA) is 76.9 Å². The normalized spacial score (nSPS) is 12.2. The van der Waals surface area contributed by atoms with Crippen molar-refractivity contribution in [2.24, 2.45) is 0 Å². The van der Waals surface area contributed by atoms with Gasteiger partial charge < -0.3 is 0 Å². The number of sulfonamides is 1. The van der Waals surface area contributed by atoms with Gasteiger partial charge in [0.25, 0.3) is 10.0 Å². The Balaban J connectivity index is 1.92. The Hall–Kier alpha value is -2.66. The lowest BCUT2D eigenvalue weighted by molar-refractivity contribution is -0.137. The molecule has 1 heterocycles. The molecule has 0 amide bonds. The lowest BCUT2D eigenvalue weighted by Gasteiger charge is -2.13. The fraction of sp³-hybridized carbons (Fsp3) is 0.0667. The molecule has 0 aliphatic heterocycles. The molecule has 0 saturated heterocycles. The van der Waals surface area contributed by atoms with Crippen LogP contribution in [-0.4, -0.2) is 23.2 Å². The smallest absolute Gasteiger partial charge is 0.280 e. The van der Waals surface area contributed by atoms with Crippen molar-refractivity contribution in [1.29, 1.82) is 0 Å². The minimum absolute atomic E-state index is 0.0151. The number of benzene rings is 2. The van der Waals surface area contributed by atoms with Crippen LogP contribution in [0.3, 0.4) is 0 Å². The van der Waals surface area contributed by atoms with Crippen molar-refractivity contribution in [1.82, 2.24) is 14.8 Å². The van der Waals surface area contributed by atoms with E-state index in [-0.39, 0.29) is 11.4 Å². The van der Waals surface area contributed by atoms with Crippen LogP contribution in [0.1, 0.15) is 5.56 Å². The summed E-state index contributed by atoms with van der Waals surface area (Å²) in [4.78, 5) is 3.00. The molecule has 3 aromatic rings. The van der Waals surface area contributed by atoms with Gasteiger partial charge in [-0.3, -0.25) is 4.72 Å². The molecule has 27 heavy (non-hydrogen) atoms. The summed E-state index contributed by atoms with van der Waals surface area (Å²) < 4.78 is 80.8.